The first kappa shape index (κ1) is 16.1. The van der Waals surface area contributed by atoms with E-state index in [1.165, 1.54) is 0 Å². The summed E-state index contributed by atoms with van der Waals surface area (Å²) in [5.74, 6) is 0.254. The molecule has 1 saturated heterocycles. The maximum Gasteiger partial charge on any atom is 0.407 e. The first-order valence-electron chi connectivity index (χ1n) is 7.18. The second kappa shape index (κ2) is 6.20. The van der Waals surface area contributed by atoms with Crippen molar-refractivity contribution in [2.45, 2.75) is 45.3 Å². The first-order chi connectivity index (χ1) is 10.2. The number of nitrogens with one attached hydrogen (secondary N) is 3. The van der Waals surface area contributed by atoms with Crippen LogP contribution in [0.1, 0.15) is 33.6 Å². The maximum atomic E-state index is 11.7. The number of rotatable bonds is 2. The van der Waals surface area contributed by atoms with Crippen LogP contribution in [-0.4, -0.2) is 45.8 Å². The van der Waals surface area contributed by atoms with E-state index in [4.69, 9.17) is 4.74 Å². The SMILES string of the molecule is CC(C)(C)OC(=O)NC1CCN(c2nc(=O)[nH]c(=O)[nH]2)CC1. The molecule has 22 heavy (non-hydrogen) atoms. The number of ether oxygens (including phenoxy) is 1. The number of amides is 1. The van der Waals surface area contributed by atoms with Crippen LogP contribution >= 0.6 is 0 Å². The standard InChI is InChI=1S/C13H21N5O4/c1-13(2,3)22-12(21)14-8-4-6-18(7-5-8)9-15-10(19)17-11(20)16-9/h8H,4-7H2,1-3H3,(H,14,21)(H2,15,16,17,19,20). The van der Waals surface area contributed by atoms with E-state index in [0.717, 1.165) is 0 Å². The Labute approximate surface area is 127 Å². The molecule has 0 spiro atoms. The van der Waals surface area contributed by atoms with Crippen molar-refractivity contribution in [3.05, 3.63) is 21.0 Å². The third-order valence-electron chi connectivity index (χ3n) is 3.17. The van der Waals surface area contributed by atoms with Crippen LogP contribution < -0.4 is 21.6 Å². The fourth-order valence-electron chi connectivity index (χ4n) is 2.24. The normalized spacial score (nSPS) is 16.4. The third kappa shape index (κ3) is 4.61. The largest absolute Gasteiger partial charge is 0.444 e. The predicted octanol–water partition coefficient (Wildman–Crippen LogP) is -0.0483. The van der Waals surface area contributed by atoms with Gasteiger partial charge in [-0.05, 0) is 33.6 Å². The summed E-state index contributed by atoms with van der Waals surface area (Å²) in [6.07, 6.45) is 0.916. The van der Waals surface area contributed by atoms with Gasteiger partial charge in [-0.25, -0.2) is 14.4 Å². The molecule has 0 aromatic carbocycles. The van der Waals surface area contributed by atoms with Crippen molar-refractivity contribution in [2.24, 2.45) is 0 Å². The van der Waals surface area contributed by atoms with Gasteiger partial charge in [-0.1, -0.05) is 0 Å². The lowest BCUT2D eigenvalue weighted by molar-refractivity contribution is 0.0497. The molecule has 1 aromatic rings. The Hall–Kier alpha value is -2.32. The monoisotopic (exact) mass is 311 g/mol. The molecule has 0 atom stereocenters. The van der Waals surface area contributed by atoms with E-state index in [1.807, 2.05) is 30.7 Å². The van der Waals surface area contributed by atoms with Crippen LogP contribution in [0, 0.1) is 0 Å². The van der Waals surface area contributed by atoms with Crippen LogP contribution in [0.4, 0.5) is 10.7 Å². The van der Waals surface area contributed by atoms with E-state index >= 15 is 0 Å². The molecular formula is C13H21N5O4. The number of nitrogens with zero attached hydrogens (tertiary/aromatic N) is 2. The lowest BCUT2D eigenvalue weighted by Gasteiger charge is -2.32. The summed E-state index contributed by atoms with van der Waals surface area (Å²) < 4.78 is 5.21. The van der Waals surface area contributed by atoms with Crippen molar-refractivity contribution in [3.63, 3.8) is 0 Å². The summed E-state index contributed by atoms with van der Waals surface area (Å²) in [5, 5.41) is 2.82. The van der Waals surface area contributed by atoms with Crippen LogP contribution in [0.15, 0.2) is 9.59 Å². The van der Waals surface area contributed by atoms with Gasteiger partial charge in [-0.15, -0.1) is 0 Å². The summed E-state index contributed by atoms with van der Waals surface area (Å²) in [6.45, 7) is 6.58. The summed E-state index contributed by atoms with van der Waals surface area (Å²) in [7, 11) is 0. The van der Waals surface area contributed by atoms with Crippen molar-refractivity contribution in [1.29, 1.82) is 0 Å². The first-order valence-corrected chi connectivity index (χ1v) is 7.18. The van der Waals surface area contributed by atoms with Crippen molar-refractivity contribution in [2.75, 3.05) is 18.0 Å². The molecule has 0 radical (unpaired) electrons. The molecule has 1 fully saturated rings. The molecule has 1 aliphatic heterocycles. The van der Waals surface area contributed by atoms with Gasteiger partial charge in [-0.3, -0.25) is 9.97 Å². The Bertz CT molecular complexity index is 609. The van der Waals surface area contributed by atoms with Gasteiger partial charge in [0.25, 0.3) is 0 Å². The quantitative estimate of drug-likeness (QED) is 0.704. The average molecular weight is 311 g/mol. The molecule has 0 bridgehead atoms. The van der Waals surface area contributed by atoms with E-state index in [2.05, 4.69) is 15.3 Å². The molecule has 122 valence electrons. The topological polar surface area (TPSA) is 120 Å². The van der Waals surface area contributed by atoms with Crippen LogP contribution in [0.5, 0.6) is 0 Å². The number of H-pyrrole nitrogens is 2. The highest BCUT2D eigenvalue weighted by molar-refractivity contribution is 5.68. The van der Waals surface area contributed by atoms with Gasteiger partial charge in [0, 0.05) is 19.1 Å². The zero-order chi connectivity index (χ0) is 16.3. The number of hydrogen-bond donors (Lipinski definition) is 3. The number of carbonyl (C=O) groups is 1. The lowest BCUT2D eigenvalue weighted by Crippen LogP contribution is -2.47. The average Bonchev–Trinajstić information content (AvgIpc) is 2.36. The number of carbonyl (C=O) groups excluding carboxylic acids is 1. The number of piperidine rings is 1. The number of alkyl carbamates (subject to hydrolysis) is 1. The maximum absolute atomic E-state index is 11.7. The van der Waals surface area contributed by atoms with Crippen LogP contribution in [0.2, 0.25) is 0 Å². The van der Waals surface area contributed by atoms with E-state index in [-0.39, 0.29) is 12.0 Å². The van der Waals surface area contributed by atoms with E-state index in [9.17, 15) is 14.4 Å². The minimum absolute atomic E-state index is 0.000168. The van der Waals surface area contributed by atoms with Crippen molar-refractivity contribution in [3.8, 4) is 0 Å². The van der Waals surface area contributed by atoms with E-state index < -0.39 is 23.1 Å². The minimum Gasteiger partial charge on any atom is -0.444 e. The van der Waals surface area contributed by atoms with E-state index in [1.54, 1.807) is 0 Å². The fraction of sp³-hybridized carbons (Fsp3) is 0.692. The molecule has 9 heteroatoms. The smallest absolute Gasteiger partial charge is 0.407 e. The molecule has 2 rings (SSSR count). The summed E-state index contributed by atoms with van der Waals surface area (Å²) in [5.41, 5.74) is -1.78. The van der Waals surface area contributed by atoms with Crippen molar-refractivity contribution < 1.29 is 9.53 Å². The van der Waals surface area contributed by atoms with Crippen LogP contribution in [0.3, 0.4) is 0 Å². The molecule has 0 unspecified atom stereocenters. The molecule has 1 amide bonds. The van der Waals surface area contributed by atoms with Gasteiger partial charge in [-0.2, -0.15) is 4.98 Å². The Kier molecular flexibility index (Phi) is 4.53. The summed E-state index contributed by atoms with van der Waals surface area (Å²) in [4.78, 5) is 44.2. The van der Waals surface area contributed by atoms with E-state index in [0.29, 0.717) is 25.9 Å². The van der Waals surface area contributed by atoms with Gasteiger partial charge in [0.15, 0.2) is 0 Å². The number of aromatic amines is 2. The Morgan fingerprint density at radius 2 is 1.91 bits per heavy atom. The predicted molar refractivity (Wildman–Crippen MR) is 80.1 cm³/mol. The number of anilines is 1. The Balaban J connectivity index is 1.89. The molecule has 0 aliphatic carbocycles. The zero-order valence-electron chi connectivity index (χ0n) is 12.9. The van der Waals surface area contributed by atoms with Gasteiger partial charge >= 0.3 is 17.5 Å². The highest BCUT2D eigenvalue weighted by atomic mass is 16.6. The second-order valence-corrected chi connectivity index (χ2v) is 6.23. The third-order valence-corrected chi connectivity index (χ3v) is 3.17. The van der Waals surface area contributed by atoms with Gasteiger partial charge in [0.05, 0.1) is 0 Å². The van der Waals surface area contributed by atoms with Crippen LogP contribution in [0.25, 0.3) is 0 Å². The van der Waals surface area contributed by atoms with Gasteiger partial charge < -0.3 is 15.0 Å². The second-order valence-electron chi connectivity index (χ2n) is 6.23. The minimum atomic E-state index is -0.673. The molecule has 3 N–H and O–H groups in total. The highest BCUT2D eigenvalue weighted by Gasteiger charge is 2.24. The van der Waals surface area contributed by atoms with Crippen molar-refractivity contribution >= 4 is 12.0 Å². The number of aromatic nitrogens is 3. The molecule has 1 aromatic heterocycles. The number of hydrogen-bond acceptors (Lipinski definition) is 6. The summed E-state index contributed by atoms with van der Waals surface area (Å²) in [6, 6.07) is -0.000168. The summed E-state index contributed by atoms with van der Waals surface area (Å²) >= 11 is 0. The molecule has 0 saturated carbocycles. The van der Waals surface area contributed by atoms with Crippen molar-refractivity contribution in [1.82, 2.24) is 20.3 Å². The molecule has 2 heterocycles. The van der Waals surface area contributed by atoms with Crippen LogP contribution in [-0.2, 0) is 4.74 Å². The highest BCUT2D eigenvalue weighted by Crippen LogP contribution is 2.15. The lowest BCUT2D eigenvalue weighted by atomic mass is 10.1. The molecule has 9 nitrogen and oxygen atoms in total. The zero-order valence-corrected chi connectivity index (χ0v) is 12.9. The van der Waals surface area contributed by atoms with Gasteiger partial charge in [0.1, 0.15) is 5.60 Å². The fourth-order valence-corrected chi connectivity index (χ4v) is 2.24. The Morgan fingerprint density at radius 1 is 1.27 bits per heavy atom. The van der Waals surface area contributed by atoms with Gasteiger partial charge in [0.2, 0.25) is 5.95 Å². The molecular weight excluding hydrogens is 290 g/mol. The molecule has 1 aliphatic rings. The Morgan fingerprint density at radius 3 is 2.45 bits per heavy atom.